The van der Waals surface area contributed by atoms with E-state index in [9.17, 15) is 0 Å². The van der Waals surface area contributed by atoms with Crippen LogP contribution in [0.5, 0.6) is 0 Å². The van der Waals surface area contributed by atoms with Gasteiger partial charge in [0.15, 0.2) is 0 Å². The Morgan fingerprint density at radius 2 is 0.600 bits per heavy atom. The third-order valence-electron chi connectivity index (χ3n) is 4.06. The van der Waals surface area contributed by atoms with Crippen LogP contribution in [0.4, 0.5) is 0 Å². The van der Waals surface area contributed by atoms with Crippen LogP contribution in [0.2, 0.25) is 12.1 Å². The molecule has 0 aromatic rings. The van der Waals surface area contributed by atoms with E-state index in [0.29, 0.717) is 51.7 Å². The van der Waals surface area contributed by atoms with Gasteiger partial charge in [0.1, 0.15) is 0 Å². The lowest BCUT2D eigenvalue weighted by Crippen LogP contribution is -2.47. The smallest absolute Gasteiger partial charge is 0.373 e. The van der Waals surface area contributed by atoms with Gasteiger partial charge in [0, 0.05) is 51.7 Å². The van der Waals surface area contributed by atoms with Gasteiger partial charge in [0.2, 0.25) is 0 Å². The van der Waals surface area contributed by atoms with Gasteiger partial charge < -0.3 is 26.6 Å². The first-order valence-electron chi connectivity index (χ1n) is 12.1. The summed E-state index contributed by atoms with van der Waals surface area (Å²) in [5.74, 6) is 0. The van der Waals surface area contributed by atoms with E-state index in [4.69, 9.17) is 26.6 Å². The molecule has 0 aromatic carbocycles. The zero-order valence-corrected chi connectivity index (χ0v) is 22.5. The fraction of sp³-hybridized carbons (Fsp3) is 0.909. The normalized spacial score (nSPS) is 12.9. The molecular weight excluding hydrogens is 416 g/mol. The van der Waals surface area contributed by atoms with Crippen molar-refractivity contribution in [1.82, 2.24) is 0 Å². The molecule has 0 aromatic heterocycles. The third-order valence-corrected chi connectivity index (χ3v) is 9.39. The minimum Gasteiger partial charge on any atom is -0.373 e. The van der Waals surface area contributed by atoms with E-state index >= 15 is 0 Å². The Labute approximate surface area is 188 Å². The number of allylic oxidation sites excluding steroid dienone is 2. The maximum Gasteiger partial charge on any atom is 0.504 e. The summed E-state index contributed by atoms with van der Waals surface area (Å²) in [6.45, 7) is 16.6. The zero-order valence-electron chi connectivity index (χ0n) is 20.5. The fourth-order valence-corrected chi connectivity index (χ4v) is 7.81. The molecule has 6 nitrogen and oxygen atoms in total. The van der Waals surface area contributed by atoms with Gasteiger partial charge >= 0.3 is 17.6 Å². The highest BCUT2D eigenvalue weighted by Crippen LogP contribution is 2.22. The summed E-state index contributed by atoms with van der Waals surface area (Å²) >= 11 is 0. The summed E-state index contributed by atoms with van der Waals surface area (Å²) in [6.07, 6.45) is 9.91. The Morgan fingerprint density at radius 3 is 0.767 bits per heavy atom. The highest BCUT2D eigenvalue weighted by molar-refractivity contribution is 6.62. The van der Waals surface area contributed by atoms with E-state index in [2.05, 4.69) is 53.7 Å². The van der Waals surface area contributed by atoms with Crippen molar-refractivity contribution < 1.29 is 26.6 Å². The van der Waals surface area contributed by atoms with Crippen LogP contribution in [0, 0.1) is 0 Å². The van der Waals surface area contributed by atoms with Gasteiger partial charge in [-0.3, -0.25) is 0 Å². The van der Waals surface area contributed by atoms with Crippen molar-refractivity contribution in [1.29, 1.82) is 0 Å². The van der Waals surface area contributed by atoms with Gasteiger partial charge in [-0.1, -0.05) is 53.7 Å². The van der Waals surface area contributed by atoms with Gasteiger partial charge in [0.25, 0.3) is 0 Å². The van der Waals surface area contributed by atoms with Crippen molar-refractivity contribution in [2.24, 2.45) is 0 Å². The first-order valence-corrected chi connectivity index (χ1v) is 15.9. The molecular formula is C22H48O6Si2. The molecule has 8 heteroatoms. The molecule has 0 aliphatic carbocycles. The Hall–Kier alpha value is -0.0662. The van der Waals surface area contributed by atoms with Crippen LogP contribution in [-0.2, 0) is 26.6 Å². The van der Waals surface area contributed by atoms with Crippen molar-refractivity contribution >= 4 is 17.6 Å². The molecule has 0 rings (SSSR count). The second kappa shape index (κ2) is 19.6. The molecule has 0 N–H and O–H groups in total. The summed E-state index contributed by atoms with van der Waals surface area (Å²) in [7, 11) is -5.45. The molecule has 30 heavy (non-hydrogen) atoms. The molecule has 0 bridgehead atoms. The second-order valence-electron chi connectivity index (χ2n) is 7.34. The van der Waals surface area contributed by atoms with Crippen LogP contribution in [0.1, 0.15) is 80.1 Å². The van der Waals surface area contributed by atoms with Crippen molar-refractivity contribution in [3.63, 3.8) is 0 Å². The van der Waals surface area contributed by atoms with E-state index in [1.807, 2.05) is 0 Å². The first kappa shape index (κ1) is 29.9. The lowest BCUT2D eigenvalue weighted by Gasteiger charge is -2.30. The number of rotatable bonds is 22. The maximum atomic E-state index is 6.17. The summed E-state index contributed by atoms with van der Waals surface area (Å²) in [5, 5.41) is 0. The van der Waals surface area contributed by atoms with Gasteiger partial charge in [-0.05, 0) is 38.5 Å². The van der Waals surface area contributed by atoms with Crippen LogP contribution >= 0.6 is 0 Å². The molecule has 0 aliphatic heterocycles. The molecule has 0 saturated carbocycles. The van der Waals surface area contributed by atoms with Crippen molar-refractivity contribution in [3.8, 4) is 0 Å². The predicted octanol–water partition coefficient (Wildman–Crippen LogP) is 5.98. The molecule has 0 unspecified atom stereocenters. The largest absolute Gasteiger partial charge is 0.504 e. The van der Waals surface area contributed by atoms with E-state index in [1.165, 1.54) is 0 Å². The molecule has 0 saturated heterocycles. The topological polar surface area (TPSA) is 55.4 Å². The van der Waals surface area contributed by atoms with Crippen LogP contribution in [0.25, 0.3) is 0 Å². The molecule has 0 amide bonds. The quantitative estimate of drug-likeness (QED) is 0.145. The molecule has 0 atom stereocenters. The maximum absolute atomic E-state index is 6.17. The highest BCUT2D eigenvalue weighted by atomic mass is 28.4. The third kappa shape index (κ3) is 13.4. The van der Waals surface area contributed by atoms with Gasteiger partial charge in [0.05, 0.1) is 0 Å². The lowest BCUT2D eigenvalue weighted by molar-refractivity contribution is 0.0605. The van der Waals surface area contributed by atoms with Crippen LogP contribution in [-0.4, -0.2) is 57.3 Å². The highest BCUT2D eigenvalue weighted by Gasteiger charge is 2.41. The Bertz CT molecular complexity index is 330. The van der Waals surface area contributed by atoms with Crippen molar-refractivity contribution in [2.45, 2.75) is 92.2 Å². The molecule has 180 valence electrons. The predicted molar refractivity (Wildman–Crippen MR) is 128 cm³/mol. The van der Waals surface area contributed by atoms with Gasteiger partial charge in [-0.2, -0.15) is 0 Å². The van der Waals surface area contributed by atoms with Crippen LogP contribution in [0.3, 0.4) is 0 Å². The monoisotopic (exact) mass is 464 g/mol. The second-order valence-corrected chi connectivity index (χ2v) is 12.6. The SMILES string of the molecule is CCCO[Si](C/C=C/C[Si](OCCC)(OCCC)OCCC)(OCCC)OCCC. The number of hydrogen-bond donors (Lipinski definition) is 0. The van der Waals surface area contributed by atoms with E-state index < -0.39 is 17.6 Å². The summed E-state index contributed by atoms with van der Waals surface area (Å²) < 4.78 is 37.0. The van der Waals surface area contributed by atoms with E-state index in [0.717, 1.165) is 38.5 Å². The summed E-state index contributed by atoms with van der Waals surface area (Å²) in [4.78, 5) is 0. The average Bonchev–Trinajstić information content (AvgIpc) is 2.77. The van der Waals surface area contributed by atoms with Crippen LogP contribution in [0.15, 0.2) is 12.2 Å². The minimum absolute atomic E-state index is 0.658. The summed E-state index contributed by atoms with van der Waals surface area (Å²) in [5.41, 5.74) is 0. The molecule has 0 aliphatic rings. The van der Waals surface area contributed by atoms with E-state index in [1.54, 1.807) is 0 Å². The minimum atomic E-state index is -2.72. The number of hydrogen-bond acceptors (Lipinski definition) is 6. The molecule has 0 heterocycles. The van der Waals surface area contributed by atoms with E-state index in [-0.39, 0.29) is 0 Å². The van der Waals surface area contributed by atoms with Crippen molar-refractivity contribution in [3.05, 3.63) is 12.2 Å². The Morgan fingerprint density at radius 1 is 0.400 bits per heavy atom. The Balaban J connectivity index is 5.27. The van der Waals surface area contributed by atoms with Gasteiger partial charge in [-0.15, -0.1) is 0 Å². The van der Waals surface area contributed by atoms with Crippen LogP contribution < -0.4 is 0 Å². The lowest BCUT2D eigenvalue weighted by atomic mass is 10.5. The zero-order chi connectivity index (χ0) is 22.6. The van der Waals surface area contributed by atoms with Gasteiger partial charge in [-0.25, -0.2) is 0 Å². The summed E-state index contributed by atoms with van der Waals surface area (Å²) in [6, 6.07) is 1.32. The fourth-order valence-electron chi connectivity index (χ4n) is 2.60. The molecule has 0 fully saturated rings. The standard InChI is InChI=1S/C22H48O6Si2/c1-7-15-23-29(24-16-8-2,25-17-9-3)21-13-14-22-30(26-18-10-4,27-19-11-5)28-20-12-6/h13-14H,7-12,15-22H2,1-6H3/b14-13+. The van der Waals surface area contributed by atoms with Crippen molar-refractivity contribution in [2.75, 3.05) is 39.6 Å². The first-order chi connectivity index (χ1) is 14.6. The molecule has 0 radical (unpaired) electrons. The Kier molecular flexibility index (Phi) is 19.6. The molecule has 0 spiro atoms. The average molecular weight is 465 g/mol.